The quantitative estimate of drug-likeness (QED) is 0.464. The van der Waals surface area contributed by atoms with Crippen LogP contribution in [0.2, 0.25) is 0 Å². The molecule has 0 unspecified atom stereocenters. The number of hydrogen-bond acceptors (Lipinski definition) is 4. The van der Waals surface area contributed by atoms with Gasteiger partial charge in [0.15, 0.2) is 5.16 Å². The van der Waals surface area contributed by atoms with Crippen LogP contribution in [0, 0.1) is 0 Å². The van der Waals surface area contributed by atoms with Gasteiger partial charge in [0.2, 0.25) is 0 Å². The Labute approximate surface area is 84.1 Å². The highest BCUT2D eigenvalue weighted by atomic mass is 79.9. The minimum Gasteiger partial charge on any atom is -0.384 e. The monoisotopic (exact) mass is 248 g/mol. The lowest BCUT2D eigenvalue weighted by Crippen LogP contribution is -1.93. The molecule has 0 spiro atoms. The fourth-order valence-electron chi connectivity index (χ4n) is 0.591. The van der Waals surface area contributed by atoms with Gasteiger partial charge < -0.3 is 4.74 Å². The number of ether oxygens (including phenoxy) is 1. The van der Waals surface area contributed by atoms with E-state index in [-0.39, 0.29) is 0 Å². The topological polar surface area (TPSA) is 35.0 Å². The van der Waals surface area contributed by atoms with Crippen molar-refractivity contribution in [1.29, 1.82) is 0 Å². The standard InChI is InChI=1S/C7H9BrN2OS/c1-11-2-3-12-7-9-4-6(8)5-10-7/h4-5H,2-3H2,1H3. The molecule has 3 nitrogen and oxygen atoms in total. The molecule has 0 saturated heterocycles. The third kappa shape index (κ3) is 3.51. The van der Waals surface area contributed by atoms with Crippen molar-refractivity contribution in [1.82, 2.24) is 9.97 Å². The van der Waals surface area contributed by atoms with E-state index in [4.69, 9.17) is 4.74 Å². The summed E-state index contributed by atoms with van der Waals surface area (Å²) in [5.41, 5.74) is 0. The summed E-state index contributed by atoms with van der Waals surface area (Å²) in [6.45, 7) is 0.726. The molecule has 0 atom stereocenters. The molecular formula is C7H9BrN2OS. The van der Waals surface area contributed by atoms with Gasteiger partial charge in [-0.25, -0.2) is 9.97 Å². The van der Waals surface area contributed by atoms with Crippen molar-refractivity contribution in [3.8, 4) is 0 Å². The summed E-state index contributed by atoms with van der Waals surface area (Å²) in [5.74, 6) is 0.887. The smallest absolute Gasteiger partial charge is 0.187 e. The van der Waals surface area contributed by atoms with E-state index in [1.54, 1.807) is 31.3 Å². The van der Waals surface area contributed by atoms with Gasteiger partial charge in [-0.15, -0.1) is 0 Å². The number of methoxy groups -OCH3 is 1. The van der Waals surface area contributed by atoms with Crippen LogP contribution >= 0.6 is 27.7 Å². The summed E-state index contributed by atoms with van der Waals surface area (Å²) in [4.78, 5) is 8.20. The fraction of sp³-hybridized carbons (Fsp3) is 0.429. The second-order valence-electron chi connectivity index (χ2n) is 2.03. The number of halogens is 1. The van der Waals surface area contributed by atoms with E-state index in [9.17, 15) is 0 Å². The summed E-state index contributed by atoms with van der Waals surface area (Å²) in [6.07, 6.45) is 3.48. The molecule has 1 rings (SSSR count). The van der Waals surface area contributed by atoms with Crippen molar-refractivity contribution in [2.75, 3.05) is 19.5 Å². The van der Waals surface area contributed by atoms with E-state index >= 15 is 0 Å². The van der Waals surface area contributed by atoms with Gasteiger partial charge in [0, 0.05) is 25.3 Å². The zero-order chi connectivity index (χ0) is 8.81. The first-order valence-corrected chi connectivity index (χ1v) is 5.20. The number of thioether (sulfide) groups is 1. The van der Waals surface area contributed by atoms with E-state index in [1.165, 1.54) is 0 Å². The maximum absolute atomic E-state index is 4.90. The minimum atomic E-state index is 0.726. The van der Waals surface area contributed by atoms with Crippen LogP contribution in [0.5, 0.6) is 0 Å². The molecule has 5 heteroatoms. The second kappa shape index (κ2) is 5.50. The predicted octanol–water partition coefficient (Wildman–Crippen LogP) is 1.98. The van der Waals surface area contributed by atoms with Crippen LogP contribution < -0.4 is 0 Å². The van der Waals surface area contributed by atoms with Gasteiger partial charge >= 0.3 is 0 Å². The average Bonchev–Trinajstić information content (AvgIpc) is 2.09. The molecule has 0 radical (unpaired) electrons. The number of hydrogen-bond donors (Lipinski definition) is 0. The highest BCUT2D eigenvalue weighted by molar-refractivity contribution is 9.10. The summed E-state index contributed by atoms with van der Waals surface area (Å²) in [6, 6.07) is 0. The van der Waals surface area contributed by atoms with E-state index < -0.39 is 0 Å². The van der Waals surface area contributed by atoms with Gasteiger partial charge in [0.25, 0.3) is 0 Å². The first-order valence-electron chi connectivity index (χ1n) is 3.42. The first kappa shape index (κ1) is 9.95. The number of nitrogens with zero attached hydrogens (tertiary/aromatic N) is 2. The molecule has 0 aliphatic rings. The van der Waals surface area contributed by atoms with Crippen LogP contribution in [0.15, 0.2) is 22.0 Å². The fourth-order valence-corrected chi connectivity index (χ4v) is 1.48. The second-order valence-corrected chi connectivity index (χ2v) is 4.00. The Hall–Kier alpha value is -0.130. The van der Waals surface area contributed by atoms with Gasteiger partial charge in [-0.3, -0.25) is 0 Å². The van der Waals surface area contributed by atoms with E-state index in [1.807, 2.05) is 0 Å². The van der Waals surface area contributed by atoms with Crippen molar-refractivity contribution in [3.05, 3.63) is 16.9 Å². The van der Waals surface area contributed by atoms with Crippen LogP contribution in [0.1, 0.15) is 0 Å². The van der Waals surface area contributed by atoms with Crippen LogP contribution in [-0.2, 0) is 4.74 Å². The molecule has 0 aromatic carbocycles. The zero-order valence-corrected chi connectivity index (χ0v) is 9.06. The molecular weight excluding hydrogens is 240 g/mol. The van der Waals surface area contributed by atoms with Crippen LogP contribution in [-0.4, -0.2) is 29.4 Å². The lowest BCUT2D eigenvalue weighted by molar-refractivity contribution is 0.218. The van der Waals surface area contributed by atoms with Gasteiger partial charge in [0.1, 0.15) is 0 Å². The molecule has 0 aliphatic heterocycles. The molecule has 0 amide bonds. The molecule has 12 heavy (non-hydrogen) atoms. The molecule has 1 aromatic heterocycles. The minimum absolute atomic E-state index is 0.726. The van der Waals surface area contributed by atoms with E-state index in [0.29, 0.717) is 0 Å². The molecule has 0 bridgehead atoms. The molecule has 0 N–H and O–H groups in total. The van der Waals surface area contributed by atoms with Crippen LogP contribution in [0.25, 0.3) is 0 Å². The summed E-state index contributed by atoms with van der Waals surface area (Å²) < 4.78 is 5.80. The number of rotatable bonds is 4. The van der Waals surface area contributed by atoms with Crippen molar-refractivity contribution in [2.24, 2.45) is 0 Å². The van der Waals surface area contributed by atoms with Gasteiger partial charge in [-0.05, 0) is 15.9 Å². The summed E-state index contributed by atoms with van der Waals surface area (Å²) in [7, 11) is 1.68. The Morgan fingerprint density at radius 1 is 1.50 bits per heavy atom. The Balaban J connectivity index is 2.37. The first-order chi connectivity index (χ1) is 5.83. The van der Waals surface area contributed by atoms with E-state index in [2.05, 4.69) is 25.9 Å². The van der Waals surface area contributed by atoms with Crippen molar-refractivity contribution < 1.29 is 4.74 Å². The summed E-state index contributed by atoms with van der Waals surface area (Å²) in [5, 5.41) is 0.787. The summed E-state index contributed by atoms with van der Waals surface area (Å²) >= 11 is 4.85. The molecule has 0 fully saturated rings. The average molecular weight is 249 g/mol. The van der Waals surface area contributed by atoms with Crippen molar-refractivity contribution in [3.63, 3.8) is 0 Å². The Morgan fingerprint density at radius 2 is 2.17 bits per heavy atom. The maximum atomic E-state index is 4.90. The Morgan fingerprint density at radius 3 is 2.75 bits per heavy atom. The normalized spacial score (nSPS) is 10.2. The largest absolute Gasteiger partial charge is 0.384 e. The lowest BCUT2D eigenvalue weighted by Gasteiger charge is -1.97. The Kier molecular flexibility index (Phi) is 4.57. The number of aromatic nitrogens is 2. The molecule has 66 valence electrons. The van der Waals surface area contributed by atoms with E-state index in [0.717, 1.165) is 22.0 Å². The molecule has 1 heterocycles. The molecule has 1 aromatic rings. The van der Waals surface area contributed by atoms with Crippen LogP contribution in [0.3, 0.4) is 0 Å². The highest BCUT2D eigenvalue weighted by Crippen LogP contribution is 2.13. The third-order valence-electron chi connectivity index (χ3n) is 1.12. The van der Waals surface area contributed by atoms with Gasteiger partial charge in [-0.1, -0.05) is 11.8 Å². The third-order valence-corrected chi connectivity index (χ3v) is 2.36. The highest BCUT2D eigenvalue weighted by Gasteiger charge is 1.95. The van der Waals surface area contributed by atoms with Crippen LogP contribution in [0.4, 0.5) is 0 Å². The predicted molar refractivity (Wildman–Crippen MR) is 52.3 cm³/mol. The lowest BCUT2D eigenvalue weighted by atomic mass is 10.7. The SMILES string of the molecule is COCCSc1ncc(Br)cn1. The van der Waals surface area contributed by atoms with Gasteiger partial charge in [0.05, 0.1) is 11.1 Å². The molecule has 0 saturated carbocycles. The maximum Gasteiger partial charge on any atom is 0.187 e. The van der Waals surface area contributed by atoms with Gasteiger partial charge in [-0.2, -0.15) is 0 Å². The molecule has 0 aliphatic carbocycles. The zero-order valence-electron chi connectivity index (χ0n) is 6.66. The Bertz CT molecular complexity index is 229. The van der Waals surface area contributed by atoms with Crippen molar-refractivity contribution >= 4 is 27.7 Å². The van der Waals surface area contributed by atoms with Crippen molar-refractivity contribution in [2.45, 2.75) is 5.16 Å².